The van der Waals surface area contributed by atoms with Crippen LogP contribution in [0.5, 0.6) is 0 Å². The van der Waals surface area contributed by atoms with E-state index in [9.17, 15) is 103 Å². The van der Waals surface area contributed by atoms with Gasteiger partial charge in [0.25, 0.3) is 21.9 Å². The summed E-state index contributed by atoms with van der Waals surface area (Å²) in [7, 11) is -13.8. The normalized spacial score (nSPS) is 14.8. The van der Waals surface area contributed by atoms with Crippen molar-refractivity contribution in [3.05, 3.63) is 174 Å². The van der Waals surface area contributed by atoms with E-state index in [-0.39, 0.29) is 143 Å². The fourth-order valence-corrected chi connectivity index (χ4v) is 19.6. The van der Waals surface area contributed by atoms with Crippen LogP contribution in [0.25, 0.3) is 21.8 Å². The van der Waals surface area contributed by atoms with E-state index in [2.05, 4.69) is 71.9 Å². The van der Waals surface area contributed by atoms with Gasteiger partial charge in [-0.25, -0.2) is 26.8 Å². The molecule has 0 bridgehead atoms. The number of carbonyl (C=O) groups excluding carboxylic acids is 9. The summed E-state index contributed by atoms with van der Waals surface area (Å²) < 4.78 is 99.3. The number of amides is 6. The molecule has 1 aliphatic rings. The van der Waals surface area contributed by atoms with Crippen LogP contribution in [-0.2, 0) is 94.7 Å². The van der Waals surface area contributed by atoms with E-state index < -0.39 is 193 Å². The number of aromatic nitrogens is 6. The van der Waals surface area contributed by atoms with Gasteiger partial charge in [-0.1, -0.05) is 54.4 Å². The highest BCUT2D eigenvalue weighted by atomic mass is 32.2. The number of benzene rings is 4. The maximum atomic E-state index is 14.9. The number of aliphatic hydroxyl groups excluding tert-OH is 2. The maximum absolute atomic E-state index is 14.9. The Morgan fingerprint density at radius 2 is 0.931 bits per heavy atom. The topological polar surface area (TPSA) is 589 Å². The third-order valence-corrected chi connectivity index (χ3v) is 26.5. The van der Waals surface area contributed by atoms with Crippen molar-refractivity contribution in [2.24, 2.45) is 0 Å². The SMILES string of the molecule is CC[C@H](NC(=O)CC[C@H](NC(=O)CN1CCN(CO)CCN(CO)CCN(CC(=O)O)CC1)C(=O)N[C@@H](CS(=O)(=O)O)C(=O)CCCn1cc(C(=O)NCC(NS(=O)(=O)c2c(C)cc(C)cc2C)C(C)=O)c(=O)c2ccc(CNc3ncc[nH]3)cc21)C(=O)NCCCn1cc(C(=O)NCC(NS(=O)(=O)c2c(C)cc(C)cc2C)C(C)=O)c(=O)c2ccc(CNc3ncc[nH]3)cc21. The molecule has 131 heavy (non-hydrogen) atoms. The first-order valence-corrected chi connectivity index (χ1v) is 47.2. The lowest BCUT2D eigenvalue weighted by Crippen LogP contribution is -2.55. The van der Waals surface area contributed by atoms with E-state index in [0.717, 1.165) is 25.0 Å². The number of imidazole rings is 2. The minimum absolute atomic E-state index is 0.00543. The highest BCUT2D eigenvalue weighted by Crippen LogP contribution is 2.26. The van der Waals surface area contributed by atoms with Gasteiger partial charge in [-0.15, -0.1) is 0 Å². The number of hydrogen-bond donors (Lipinski definition) is 16. The number of carbonyl (C=O) groups is 10. The van der Waals surface area contributed by atoms with Gasteiger partial charge >= 0.3 is 5.97 Å². The Morgan fingerprint density at radius 3 is 1.34 bits per heavy atom. The fraction of sp³-hybridized carbons (Fsp3) is 0.465. The summed E-state index contributed by atoms with van der Waals surface area (Å²) in [5.41, 5.74) is 2.86. The second-order valence-corrected chi connectivity index (χ2v) is 37.3. The van der Waals surface area contributed by atoms with Crippen LogP contribution < -0.4 is 62.8 Å². The number of aryl methyl sites for hydroxylation is 8. The number of aliphatic carboxylic acids is 1. The Labute approximate surface area is 757 Å². The number of fused-ring (bicyclic) bond motifs is 2. The van der Waals surface area contributed by atoms with Crippen molar-refractivity contribution in [2.75, 3.05) is 115 Å². The van der Waals surface area contributed by atoms with Gasteiger partial charge in [0.1, 0.15) is 46.6 Å². The molecule has 1 saturated heterocycles. The van der Waals surface area contributed by atoms with E-state index in [1.807, 2.05) is 0 Å². The Balaban J connectivity index is 0.927. The number of nitrogens with one attached hydrogen (secondary N) is 12. The van der Waals surface area contributed by atoms with E-state index in [4.69, 9.17) is 0 Å². The van der Waals surface area contributed by atoms with Crippen molar-refractivity contribution in [1.29, 1.82) is 0 Å². The van der Waals surface area contributed by atoms with Crippen molar-refractivity contribution in [3.8, 4) is 0 Å². The first kappa shape index (κ1) is 103. The summed E-state index contributed by atoms with van der Waals surface area (Å²) >= 11 is 0. The molecule has 2 unspecified atom stereocenters. The molecule has 0 aliphatic carbocycles. The molecule has 0 saturated carbocycles. The molecule has 8 aromatic rings. The van der Waals surface area contributed by atoms with Gasteiger partial charge in [0, 0.05) is 159 Å². The first-order valence-electron chi connectivity index (χ1n) is 42.6. The molecule has 710 valence electrons. The molecular formula is C86H116N20O22S3. The second-order valence-electron chi connectivity index (χ2n) is 32.5. The van der Waals surface area contributed by atoms with Crippen molar-refractivity contribution in [1.82, 2.24) is 90.0 Å². The molecule has 5 atom stereocenters. The Kier molecular flexibility index (Phi) is 37.1. The third-order valence-electron chi connectivity index (χ3n) is 22.2. The monoisotopic (exact) mass is 1880 g/mol. The number of nitrogens with zero attached hydrogens (tertiary/aromatic N) is 8. The van der Waals surface area contributed by atoms with E-state index in [1.54, 1.807) is 140 Å². The molecule has 1 fully saturated rings. The van der Waals surface area contributed by atoms with Gasteiger partial charge in [0.15, 0.2) is 17.7 Å². The van der Waals surface area contributed by atoms with E-state index in [1.165, 1.54) is 35.3 Å². The minimum Gasteiger partial charge on any atom is -0.480 e. The molecule has 1 aliphatic heterocycles. The van der Waals surface area contributed by atoms with Crippen LogP contribution in [0.3, 0.4) is 0 Å². The van der Waals surface area contributed by atoms with Crippen LogP contribution in [0.2, 0.25) is 0 Å². The number of anilines is 2. The molecule has 45 heteroatoms. The summed E-state index contributed by atoms with van der Waals surface area (Å²) in [4.78, 5) is 188. The summed E-state index contributed by atoms with van der Waals surface area (Å²) in [6.45, 7) is 12.4. The van der Waals surface area contributed by atoms with Crippen molar-refractivity contribution < 1.29 is 93.1 Å². The molecule has 9 rings (SSSR count). The lowest BCUT2D eigenvalue weighted by atomic mass is 10.1. The van der Waals surface area contributed by atoms with E-state index in [0.29, 0.717) is 50.8 Å². The van der Waals surface area contributed by atoms with Crippen LogP contribution in [0.4, 0.5) is 11.9 Å². The largest absolute Gasteiger partial charge is 0.480 e. The van der Waals surface area contributed by atoms with Gasteiger partial charge in [-0.05, 0) is 139 Å². The number of Topliss-reactive ketones (excluding diaryl/α,β-unsaturated/α-hetero) is 3. The number of ketones is 3. The zero-order valence-corrected chi connectivity index (χ0v) is 76.9. The third kappa shape index (κ3) is 29.8. The van der Waals surface area contributed by atoms with Gasteiger partial charge in [0.2, 0.25) is 54.5 Å². The average Bonchev–Trinajstić information content (AvgIpc) is 1.50. The number of H-pyrrole nitrogens is 2. The second kappa shape index (κ2) is 47.3. The van der Waals surface area contributed by atoms with Crippen LogP contribution in [0.1, 0.15) is 125 Å². The standard InChI is InChI=1S/C86H116N20O22S3/c1-10-66(83(120)87-20-12-26-106-46-65(78(117)63-17-15-61(40-72(63)106)42-95-86-90-23-24-91-86)82(119)93-44-69(59(9)110)100-131(127,128)80-56(6)37-53(3)38-57(80)7)96-74(112)19-18-67(97-75(113)47-101-27-28-102(48-76(114)115)30-32-104(51-108)34-33-103(50-107)31-29-101)84(121)98-70(49-129(122,123)124)73(111)13-11-25-105-45-64(77(116)62-16-14-60(39-71(62)105)41-94-85-88-21-22-89-85)81(118)92-43-68(58(8)109)99-130(125,126)79-54(4)35-52(2)36-55(79)5/h14-17,21-24,35-40,45-46,66-70,99-100,107-108H,10-13,18-20,25-34,41-44,47-51H2,1-9H3,(H,87,120)(H,92,118)(H,93,119)(H,96,112)(H,97,113)(H,98,121)(H,114,115)(H2,88,89,94)(H2,90,91,95)(H,122,123,124)/t66-,67-,68?,69?,70-/m0/s1. The lowest BCUT2D eigenvalue weighted by Gasteiger charge is -2.32. The highest BCUT2D eigenvalue weighted by Gasteiger charge is 2.35. The zero-order chi connectivity index (χ0) is 95.8. The van der Waals surface area contributed by atoms with Crippen molar-refractivity contribution in [2.45, 2.75) is 167 Å². The molecular weight excluding hydrogens is 1760 g/mol. The smallest absolute Gasteiger partial charge is 0.317 e. The Morgan fingerprint density at radius 1 is 0.504 bits per heavy atom. The fourth-order valence-electron chi connectivity index (χ4n) is 15.5. The van der Waals surface area contributed by atoms with Crippen LogP contribution in [0.15, 0.2) is 117 Å². The number of hydrogen-bond acceptors (Lipinski definition) is 28. The Bertz CT molecular complexity index is 5930. The number of carboxylic acids is 1. The molecule has 16 N–H and O–H groups in total. The Hall–Kier alpha value is -11.9. The molecule has 42 nitrogen and oxygen atoms in total. The number of rotatable bonds is 46. The lowest BCUT2D eigenvalue weighted by molar-refractivity contribution is -0.138. The van der Waals surface area contributed by atoms with Gasteiger partial charge in [-0.2, -0.15) is 17.9 Å². The van der Waals surface area contributed by atoms with Gasteiger partial charge in [0.05, 0.1) is 59.5 Å². The molecule has 6 amide bonds. The minimum atomic E-state index is -5.16. The quantitative estimate of drug-likeness (QED) is 0.0182. The highest BCUT2D eigenvalue weighted by molar-refractivity contribution is 7.90. The summed E-state index contributed by atoms with van der Waals surface area (Å²) in [5.74, 6) is -9.59. The van der Waals surface area contributed by atoms with Crippen molar-refractivity contribution >= 4 is 123 Å². The van der Waals surface area contributed by atoms with Crippen LogP contribution in [0, 0.1) is 41.5 Å². The first-order chi connectivity index (χ1) is 62.0. The van der Waals surface area contributed by atoms with Gasteiger partial charge in [-0.3, -0.25) is 81.7 Å². The molecule has 4 aromatic carbocycles. The maximum Gasteiger partial charge on any atom is 0.317 e. The predicted molar refractivity (Wildman–Crippen MR) is 485 cm³/mol. The average molecular weight is 1880 g/mol. The summed E-state index contributed by atoms with van der Waals surface area (Å²) in [6.07, 6.45) is 6.85. The molecule has 5 heterocycles. The van der Waals surface area contributed by atoms with E-state index >= 15 is 0 Å². The number of carboxylic acid groups (broad SMARTS) is 1. The zero-order valence-electron chi connectivity index (χ0n) is 74.4. The molecule has 4 aromatic heterocycles. The van der Waals surface area contributed by atoms with Crippen LogP contribution in [-0.4, -0.2) is 287 Å². The van der Waals surface area contributed by atoms with Crippen molar-refractivity contribution in [3.63, 3.8) is 0 Å². The summed E-state index contributed by atoms with van der Waals surface area (Å²) in [6, 6.07) is 8.21. The van der Waals surface area contributed by atoms with Gasteiger partial charge < -0.3 is 77.0 Å². The predicted octanol–water partition coefficient (Wildman–Crippen LogP) is 0.463. The summed E-state index contributed by atoms with van der Waals surface area (Å²) in [5, 5.41) is 52.0. The molecule has 0 spiro atoms. The number of sulfonamides is 2. The number of aliphatic hydroxyl groups is 2. The number of aromatic amines is 2. The van der Waals surface area contributed by atoms with Crippen LogP contribution >= 0.6 is 0 Å². The number of pyridine rings is 2. The molecule has 0 radical (unpaired) electrons.